The van der Waals surface area contributed by atoms with Gasteiger partial charge in [-0.25, -0.2) is 17.9 Å². The van der Waals surface area contributed by atoms with Crippen LogP contribution in [0.4, 0.5) is 16.2 Å². The van der Waals surface area contributed by atoms with Crippen LogP contribution in [0.25, 0.3) is 0 Å². The second-order valence-electron chi connectivity index (χ2n) is 5.25. The predicted octanol–water partition coefficient (Wildman–Crippen LogP) is 0.484. The molecule has 126 valence electrons. The van der Waals surface area contributed by atoms with Crippen molar-refractivity contribution in [3.63, 3.8) is 0 Å². The molecule has 3 amide bonds. The highest BCUT2D eigenvalue weighted by atomic mass is 32.2. The summed E-state index contributed by atoms with van der Waals surface area (Å²) in [6.45, 7) is 0.976. The first-order valence-corrected chi connectivity index (χ1v) is 9.14. The highest BCUT2D eigenvalue weighted by molar-refractivity contribution is 7.88. The Bertz CT molecular complexity index is 690. The lowest BCUT2D eigenvalue weighted by molar-refractivity contribution is -0.117. The molecule has 1 aliphatic rings. The van der Waals surface area contributed by atoms with E-state index in [1.54, 1.807) is 23.1 Å². The molecule has 9 heteroatoms. The summed E-state index contributed by atoms with van der Waals surface area (Å²) in [6.07, 6.45) is 2.44. The number of carbonyl (C=O) groups excluding carboxylic acids is 2. The molecule has 1 heterocycles. The van der Waals surface area contributed by atoms with Crippen LogP contribution < -0.4 is 20.3 Å². The predicted molar refractivity (Wildman–Crippen MR) is 87.9 cm³/mol. The lowest BCUT2D eigenvalue weighted by atomic mass is 10.2. The average Bonchev–Trinajstić information content (AvgIpc) is 2.89. The normalized spacial score (nSPS) is 14.8. The van der Waals surface area contributed by atoms with Gasteiger partial charge in [0.15, 0.2) is 0 Å². The van der Waals surface area contributed by atoms with Crippen LogP contribution in [0.1, 0.15) is 12.8 Å². The van der Waals surface area contributed by atoms with E-state index in [2.05, 4.69) is 15.4 Å². The summed E-state index contributed by atoms with van der Waals surface area (Å²) in [6, 6.07) is 6.60. The highest BCUT2D eigenvalue weighted by Gasteiger charge is 2.21. The Labute approximate surface area is 135 Å². The number of nitrogens with zero attached hydrogens (tertiary/aromatic N) is 1. The minimum Gasteiger partial charge on any atom is -0.337 e. The Morgan fingerprint density at radius 1 is 1.30 bits per heavy atom. The van der Waals surface area contributed by atoms with Crippen LogP contribution in [-0.4, -0.2) is 46.2 Å². The van der Waals surface area contributed by atoms with E-state index in [9.17, 15) is 18.0 Å². The Morgan fingerprint density at radius 2 is 2.09 bits per heavy atom. The molecule has 0 bridgehead atoms. The fraction of sp³-hybridized carbons (Fsp3) is 0.429. The summed E-state index contributed by atoms with van der Waals surface area (Å²) >= 11 is 0. The molecule has 0 aromatic heterocycles. The molecule has 1 fully saturated rings. The Kier molecular flexibility index (Phi) is 5.56. The number of hydrogen-bond donors (Lipinski definition) is 3. The molecule has 23 heavy (non-hydrogen) atoms. The fourth-order valence-corrected chi connectivity index (χ4v) is 2.73. The molecule has 1 saturated heterocycles. The first kappa shape index (κ1) is 17.2. The smallest absolute Gasteiger partial charge is 0.319 e. The summed E-state index contributed by atoms with van der Waals surface area (Å²) in [5.41, 5.74) is 1.32. The molecule has 3 N–H and O–H groups in total. The molecule has 0 atom stereocenters. The van der Waals surface area contributed by atoms with Gasteiger partial charge in [0.05, 0.1) is 6.26 Å². The van der Waals surface area contributed by atoms with E-state index >= 15 is 0 Å². The van der Waals surface area contributed by atoms with Crippen molar-refractivity contribution < 1.29 is 18.0 Å². The first-order chi connectivity index (χ1) is 10.8. The molecule has 1 aliphatic heterocycles. The molecule has 0 radical (unpaired) electrons. The SMILES string of the molecule is CS(=O)(=O)NCCNC(=O)Nc1cccc(N2CCCC2=O)c1. The van der Waals surface area contributed by atoms with E-state index in [1.807, 2.05) is 6.07 Å². The average molecular weight is 340 g/mol. The maximum atomic E-state index is 11.8. The van der Waals surface area contributed by atoms with Gasteiger partial charge in [-0.05, 0) is 24.6 Å². The number of amides is 3. The Morgan fingerprint density at radius 3 is 2.74 bits per heavy atom. The second-order valence-corrected chi connectivity index (χ2v) is 7.08. The quantitative estimate of drug-likeness (QED) is 0.655. The van der Waals surface area contributed by atoms with Crippen molar-refractivity contribution in [2.45, 2.75) is 12.8 Å². The van der Waals surface area contributed by atoms with E-state index in [4.69, 9.17) is 0 Å². The number of nitrogens with one attached hydrogen (secondary N) is 3. The number of rotatable bonds is 6. The zero-order valence-corrected chi connectivity index (χ0v) is 13.6. The number of sulfonamides is 1. The third-order valence-corrected chi connectivity index (χ3v) is 3.99. The van der Waals surface area contributed by atoms with Crippen LogP contribution in [0.2, 0.25) is 0 Å². The van der Waals surface area contributed by atoms with Crippen molar-refractivity contribution in [1.29, 1.82) is 0 Å². The van der Waals surface area contributed by atoms with Crippen molar-refractivity contribution in [3.05, 3.63) is 24.3 Å². The van der Waals surface area contributed by atoms with E-state index < -0.39 is 16.1 Å². The van der Waals surface area contributed by atoms with Gasteiger partial charge in [-0.3, -0.25) is 4.79 Å². The number of urea groups is 1. The van der Waals surface area contributed by atoms with Crippen molar-refractivity contribution >= 4 is 33.3 Å². The molecule has 2 rings (SSSR count). The van der Waals surface area contributed by atoms with Gasteiger partial charge < -0.3 is 15.5 Å². The van der Waals surface area contributed by atoms with Crippen molar-refractivity contribution in [2.24, 2.45) is 0 Å². The van der Waals surface area contributed by atoms with Gasteiger partial charge in [0, 0.05) is 37.4 Å². The largest absolute Gasteiger partial charge is 0.337 e. The van der Waals surface area contributed by atoms with Gasteiger partial charge in [-0.15, -0.1) is 0 Å². The zero-order chi connectivity index (χ0) is 16.9. The maximum Gasteiger partial charge on any atom is 0.319 e. The minimum absolute atomic E-state index is 0.0819. The molecule has 0 spiro atoms. The Balaban J connectivity index is 1.85. The molecule has 1 aromatic carbocycles. The lowest BCUT2D eigenvalue weighted by Gasteiger charge is -2.17. The highest BCUT2D eigenvalue weighted by Crippen LogP contribution is 2.24. The monoisotopic (exact) mass is 340 g/mol. The van der Waals surface area contributed by atoms with Crippen molar-refractivity contribution in [2.75, 3.05) is 36.1 Å². The molecule has 8 nitrogen and oxygen atoms in total. The van der Waals surface area contributed by atoms with E-state index in [0.717, 1.165) is 18.4 Å². The maximum absolute atomic E-state index is 11.8. The van der Waals surface area contributed by atoms with E-state index in [0.29, 0.717) is 18.7 Å². The van der Waals surface area contributed by atoms with Crippen LogP contribution in [0.3, 0.4) is 0 Å². The van der Waals surface area contributed by atoms with Crippen molar-refractivity contribution in [1.82, 2.24) is 10.0 Å². The number of benzene rings is 1. The van der Waals surface area contributed by atoms with Crippen LogP contribution in [0, 0.1) is 0 Å². The van der Waals surface area contributed by atoms with Gasteiger partial charge in [-0.1, -0.05) is 6.07 Å². The summed E-state index contributed by atoms with van der Waals surface area (Å²) < 4.78 is 24.0. The summed E-state index contributed by atoms with van der Waals surface area (Å²) in [5, 5.41) is 5.20. The number of anilines is 2. The molecular weight excluding hydrogens is 320 g/mol. The molecular formula is C14H20N4O4S. The zero-order valence-electron chi connectivity index (χ0n) is 12.8. The number of hydrogen-bond acceptors (Lipinski definition) is 4. The third-order valence-electron chi connectivity index (χ3n) is 3.26. The summed E-state index contributed by atoms with van der Waals surface area (Å²) in [4.78, 5) is 25.2. The van der Waals surface area contributed by atoms with Gasteiger partial charge in [-0.2, -0.15) is 0 Å². The van der Waals surface area contributed by atoms with E-state index in [1.165, 1.54) is 0 Å². The summed E-state index contributed by atoms with van der Waals surface area (Å²) in [5.74, 6) is 0.0819. The first-order valence-electron chi connectivity index (χ1n) is 7.25. The Hall–Kier alpha value is -2.13. The van der Waals surface area contributed by atoms with Crippen LogP contribution >= 0.6 is 0 Å². The molecule has 0 saturated carbocycles. The van der Waals surface area contributed by atoms with Crippen molar-refractivity contribution in [3.8, 4) is 0 Å². The van der Waals surface area contributed by atoms with Gasteiger partial charge >= 0.3 is 6.03 Å². The van der Waals surface area contributed by atoms with Crippen LogP contribution in [-0.2, 0) is 14.8 Å². The van der Waals surface area contributed by atoms with Crippen LogP contribution in [0.5, 0.6) is 0 Å². The fourth-order valence-electron chi connectivity index (χ4n) is 2.26. The lowest BCUT2D eigenvalue weighted by Crippen LogP contribution is -2.36. The topological polar surface area (TPSA) is 108 Å². The van der Waals surface area contributed by atoms with Gasteiger partial charge in [0.25, 0.3) is 0 Å². The standard InChI is InChI=1S/C14H20N4O4S/c1-23(21,22)16-8-7-15-14(20)17-11-4-2-5-12(10-11)18-9-3-6-13(18)19/h2,4-5,10,16H,3,6-9H2,1H3,(H2,15,17,20). The molecule has 1 aromatic rings. The van der Waals surface area contributed by atoms with E-state index in [-0.39, 0.29) is 19.0 Å². The number of carbonyl (C=O) groups is 2. The summed E-state index contributed by atoms with van der Waals surface area (Å²) in [7, 11) is -3.26. The molecule has 0 unspecified atom stereocenters. The van der Waals surface area contributed by atoms with Gasteiger partial charge in [0.1, 0.15) is 0 Å². The molecule has 0 aliphatic carbocycles. The van der Waals surface area contributed by atoms with Gasteiger partial charge in [0.2, 0.25) is 15.9 Å². The van der Waals surface area contributed by atoms with Crippen LogP contribution in [0.15, 0.2) is 24.3 Å². The minimum atomic E-state index is -3.26. The third kappa shape index (κ3) is 5.53. The second kappa shape index (κ2) is 7.42.